The van der Waals surface area contributed by atoms with Gasteiger partial charge in [-0.2, -0.15) is 5.10 Å². The lowest BCUT2D eigenvalue weighted by atomic mass is 9.96. The highest BCUT2D eigenvalue weighted by Crippen LogP contribution is 2.31. The molecule has 1 fully saturated rings. The number of aryl methyl sites for hydroxylation is 2. The van der Waals surface area contributed by atoms with Gasteiger partial charge in [0.25, 0.3) is 0 Å². The molecule has 3 atom stereocenters. The van der Waals surface area contributed by atoms with Gasteiger partial charge in [-0.05, 0) is 58.9 Å². The van der Waals surface area contributed by atoms with Gasteiger partial charge in [-0.25, -0.2) is 0 Å². The van der Waals surface area contributed by atoms with Crippen LogP contribution in [-0.2, 0) is 6.54 Å². The van der Waals surface area contributed by atoms with Crippen LogP contribution < -0.4 is 5.32 Å². The van der Waals surface area contributed by atoms with E-state index in [1.54, 1.807) is 0 Å². The minimum Gasteiger partial charge on any atom is -0.396 e. The number of aliphatic hydroxyl groups is 1. The van der Waals surface area contributed by atoms with Gasteiger partial charge in [0.05, 0.1) is 5.69 Å². The second-order valence-corrected chi connectivity index (χ2v) is 6.16. The summed E-state index contributed by atoms with van der Waals surface area (Å²) in [5.74, 6) is 1.12. The molecule has 1 aromatic heterocycles. The maximum absolute atomic E-state index is 9.40. The number of aromatic nitrogens is 2. The van der Waals surface area contributed by atoms with E-state index in [1.807, 2.05) is 0 Å². The molecular weight excluding hydrogens is 250 g/mol. The minimum absolute atomic E-state index is 0.329. The smallest absolute Gasteiger partial charge is 0.0644 e. The van der Waals surface area contributed by atoms with Gasteiger partial charge in [-0.3, -0.25) is 4.68 Å². The van der Waals surface area contributed by atoms with Crippen LogP contribution in [0.4, 0.5) is 0 Å². The summed E-state index contributed by atoms with van der Waals surface area (Å²) in [5, 5.41) is 17.7. The summed E-state index contributed by atoms with van der Waals surface area (Å²) in [7, 11) is 0. The molecule has 0 radical (unpaired) electrons. The van der Waals surface area contributed by atoms with Gasteiger partial charge in [0.2, 0.25) is 0 Å². The Morgan fingerprint density at radius 2 is 2.05 bits per heavy atom. The van der Waals surface area contributed by atoms with Crippen molar-refractivity contribution in [2.75, 3.05) is 13.2 Å². The first-order chi connectivity index (χ1) is 9.58. The van der Waals surface area contributed by atoms with E-state index in [0.717, 1.165) is 18.8 Å². The summed E-state index contributed by atoms with van der Waals surface area (Å²) in [5.41, 5.74) is 3.75. The fourth-order valence-corrected chi connectivity index (χ4v) is 3.70. The second kappa shape index (κ2) is 6.72. The number of nitrogens with one attached hydrogen (secondary N) is 1. The summed E-state index contributed by atoms with van der Waals surface area (Å²) >= 11 is 0. The quantitative estimate of drug-likeness (QED) is 0.841. The van der Waals surface area contributed by atoms with E-state index >= 15 is 0 Å². The molecule has 1 saturated carbocycles. The van der Waals surface area contributed by atoms with Crippen LogP contribution in [0.15, 0.2) is 0 Å². The molecule has 1 heterocycles. The molecule has 2 N–H and O–H groups in total. The molecule has 1 aliphatic carbocycles. The third-order valence-electron chi connectivity index (χ3n) is 4.91. The molecular formula is C16H29N3O. The molecule has 2 rings (SSSR count). The summed E-state index contributed by atoms with van der Waals surface area (Å²) in [6.07, 6.45) is 3.69. The summed E-state index contributed by atoms with van der Waals surface area (Å²) in [4.78, 5) is 0. The number of rotatable bonds is 6. The molecule has 0 saturated heterocycles. The normalized spacial score (nSPS) is 24.2. The van der Waals surface area contributed by atoms with Gasteiger partial charge in [-0.15, -0.1) is 0 Å². The van der Waals surface area contributed by atoms with Crippen LogP contribution in [0.2, 0.25) is 0 Å². The van der Waals surface area contributed by atoms with E-state index in [9.17, 15) is 5.11 Å². The number of aliphatic hydroxyl groups excluding tert-OH is 1. The summed E-state index contributed by atoms with van der Waals surface area (Å²) in [6.45, 7) is 10.9. The lowest BCUT2D eigenvalue weighted by Gasteiger charge is -2.21. The predicted octanol–water partition coefficient (Wildman–Crippen LogP) is 2.58. The lowest BCUT2D eigenvalue weighted by molar-refractivity contribution is 0.190. The van der Waals surface area contributed by atoms with Crippen molar-refractivity contribution in [3.05, 3.63) is 17.0 Å². The van der Waals surface area contributed by atoms with Crippen LogP contribution >= 0.6 is 0 Å². The van der Waals surface area contributed by atoms with Gasteiger partial charge in [0.15, 0.2) is 0 Å². The number of hydrogen-bond acceptors (Lipinski definition) is 3. The Kier molecular flexibility index (Phi) is 5.22. The Balaban J connectivity index is 1.98. The van der Waals surface area contributed by atoms with Gasteiger partial charge in [-0.1, -0.05) is 6.42 Å². The second-order valence-electron chi connectivity index (χ2n) is 6.16. The molecule has 4 nitrogen and oxygen atoms in total. The first-order valence-electron chi connectivity index (χ1n) is 7.96. The van der Waals surface area contributed by atoms with Crippen molar-refractivity contribution in [3.63, 3.8) is 0 Å². The predicted molar refractivity (Wildman–Crippen MR) is 81.7 cm³/mol. The molecule has 1 aromatic rings. The van der Waals surface area contributed by atoms with Crippen LogP contribution in [0.5, 0.6) is 0 Å². The monoisotopic (exact) mass is 279 g/mol. The van der Waals surface area contributed by atoms with Crippen molar-refractivity contribution >= 4 is 0 Å². The maximum Gasteiger partial charge on any atom is 0.0644 e. The molecule has 0 aliphatic heterocycles. The molecule has 114 valence electrons. The van der Waals surface area contributed by atoms with Crippen molar-refractivity contribution < 1.29 is 5.11 Å². The first-order valence-corrected chi connectivity index (χ1v) is 7.96. The molecule has 0 spiro atoms. The minimum atomic E-state index is 0.329. The SMILES string of the molecule is CCn1nc(C)c(C(C)NCC2CCCC2CO)c1C. The Labute approximate surface area is 122 Å². The molecule has 0 amide bonds. The van der Waals surface area contributed by atoms with Crippen molar-refractivity contribution in [2.24, 2.45) is 11.8 Å². The fraction of sp³-hybridized carbons (Fsp3) is 0.812. The van der Waals surface area contributed by atoms with E-state index < -0.39 is 0 Å². The van der Waals surface area contributed by atoms with E-state index in [4.69, 9.17) is 0 Å². The van der Waals surface area contributed by atoms with Gasteiger partial charge in [0.1, 0.15) is 0 Å². The Morgan fingerprint density at radius 1 is 1.35 bits per heavy atom. The number of nitrogens with zero attached hydrogens (tertiary/aromatic N) is 2. The Hall–Kier alpha value is -0.870. The first kappa shape index (κ1) is 15.5. The van der Waals surface area contributed by atoms with Crippen molar-refractivity contribution in [2.45, 2.75) is 59.5 Å². The van der Waals surface area contributed by atoms with E-state index in [2.05, 4.69) is 42.8 Å². The Bertz CT molecular complexity index is 441. The summed E-state index contributed by atoms with van der Waals surface area (Å²) < 4.78 is 2.08. The topological polar surface area (TPSA) is 50.1 Å². The van der Waals surface area contributed by atoms with E-state index in [-0.39, 0.29) is 0 Å². The zero-order valence-electron chi connectivity index (χ0n) is 13.3. The zero-order chi connectivity index (χ0) is 14.7. The average Bonchev–Trinajstić information content (AvgIpc) is 3.00. The standard InChI is InChI=1S/C16H29N3O/c1-5-19-13(4)16(12(3)18-19)11(2)17-9-14-7-6-8-15(14)10-20/h11,14-15,17,20H,5-10H2,1-4H3. The van der Waals surface area contributed by atoms with Gasteiger partial charge < -0.3 is 10.4 Å². The van der Waals surface area contributed by atoms with Crippen molar-refractivity contribution in [1.82, 2.24) is 15.1 Å². The van der Waals surface area contributed by atoms with Crippen LogP contribution in [0.1, 0.15) is 56.1 Å². The molecule has 20 heavy (non-hydrogen) atoms. The average molecular weight is 279 g/mol. The molecule has 0 aromatic carbocycles. The third kappa shape index (κ3) is 3.07. The largest absolute Gasteiger partial charge is 0.396 e. The molecule has 1 aliphatic rings. The van der Waals surface area contributed by atoms with Crippen LogP contribution in [0, 0.1) is 25.7 Å². The lowest BCUT2D eigenvalue weighted by Crippen LogP contribution is -2.29. The number of hydrogen-bond donors (Lipinski definition) is 2. The van der Waals surface area contributed by atoms with Gasteiger partial charge in [0, 0.05) is 30.5 Å². The van der Waals surface area contributed by atoms with Crippen molar-refractivity contribution in [3.8, 4) is 0 Å². The fourth-order valence-electron chi connectivity index (χ4n) is 3.70. The highest BCUT2D eigenvalue weighted by molar-refractivity contribution is 5.27. The van der Waals surface area contributed by atoms with Crippen LogP contribution in [-0.4, -0.2) is 28.0 Å². The zero-order valence-corrected chi connectivity index (χ0v) is 13.3. The van der Waals surface area contributed by atoms with Crippen LogP contribution in [0.25, 0.3) is 0 Å². The van der Waals surface area contributed by atoms with E-state index in [1.165, 1.54) is 30.5 Å². The van der Waals surface area contributed by atoms with Crippen LogP contribution in [0.3, 0.4) is 0 Å². The van der Waals surface area contributed by atoms with Gasteiger partial charge >= 0.3 is 0 Å². The highest BCUT2D eigenvalue weighted by atomic mass is 16.3. The molecule has 0 bridgehead atoms. The third-order valence-corrected chi connectivity index (χ3v) is 4.91. The highest BCUT2D eigenvalue weighted by Gasteiger charge is 2.27. The maximum atomic E-state index is 9.40. The van der Waals surface area contributed by atoms with E-state index in [0.29, 0.717) is 24.5 Å². The summed E-state index contributed by atoms with van der Waals surface area (Å²) in [6, 6.07) is 0.329. The van der Waals surface area contributed by atoms with Crippen molar-refractivity contribution in [1.29, 1.82) is 0 Å². The Morgan fingerprint density at radius 3 is 2.65 bits per heavy atom. The molecule has 3 unspecified atom stereocenters. The molecule has 4 heteroatoms.